The first-order valence-electron chi connectivity index (χ1n) is 6.39. The third-order valence-corrected chi connectivity index (χ3v) is 4.61. The maximum absolute atomic E-state index is 12.1. The molecule has 1 aromatic carbocycles. The minimum Gasteiger partial charge on any atom is -0.393 e. The van der Waals surface area contributed by atoms with Crippen LogP contribution in [0.15, 0.2) is 23.1 Å². The number of nitrogen functional groups attached to an aromatic ring is 1. The number of sulfonamides is 1. The molecule has 0 fully saturated rings. The number of nitrogens with zero attached hydrogens (tertiary/aromatic N) is 2. The van der Waals surface area contributed by atoms with E-state index in [9.17, 15) is 18.5 Å². The zero-order valence-corrected chi connectivity index (χ0v) is 13.1. The van der Waals surface area contributed by atoms with Gasteiger partial charge in [0.25, 0.3) is 5.69 Å². The molecule has 9 heteroatoms. The van der Waals surface area contributed by atoms with E-state index in [0.29, 0.717) is 12.6 Å². The fraction of sp³-hybridized carbons (Fsp3) is 0.500. The summed E-state index contributed by atoms with van der Waals surface area (Å²) in [4.78, 5) is 11.9. The van der Waals surface area contributed by atoms with Crippen molar-refractivity contribution in [1.29, 1.82) is 0 Å². The molecule has 0 spiro atoms. The number of hydrogen-bond acceptors (Lipinski definition) is 6. The second-order valence-corrected chi connectivity index (χ2v) is 6.72. The van der Waals surface area contributed by atoms with E-state index < -0.39 is 20.6 Å². The highest BCUT2D eigenvalue weighted by atomic mass is 32.2. The summed E-state index contributed by atoms with van der Waals surface area (Å²) in [6.45, 7) is 4.75. The highest BCUT2D eigenvalue weighted by Gasteiger charge is 2.20. The Hall–Kier alpha value is -1.71. The molecule has 118 valence electrons. The molecule has 0 aliphatic rings. The van der Waals surface area contributed by atoms with Gasteiger partial charge in [-0.15, -0.1) is 0 Å². The van der Waals surface area contributed by atoms with E-state index in [1.54, 1.807) is 0 Å². The third-order valence-electron chi connectivity index (χ3n) is 3.15. The molecule has 21 heavy (non-hydrogen) atoms. The molecule has 0 aromatic heterocycles. The lowest BCUT2D eigenvalue weighted by Crippen LogP contribution is -2.36. The van der Waals surface area contributed by atoms with Gasteiger partial charge in [-0.25, -0.2) is 13.1 Å². The lowest BCUT2D eigenvalue weighted by atomic mass is 10.3. The first-order chi connectivity index (χ1) is 9.65. The standard InChI is InChI=1S/C12H20N4O4S/c1-9(2)15(3)7-6-14-21(19,20)10-4-5-11(13)12(8-10)16(17)18/h4-5,8-9,14H,6-7,13H2,1-3H3. The van der Waals surface area contributed by atoms with Gasteiger partial charge in [0.15, 0.2) is 0 Å². The molecular formula is C12H20N4O4S. The second kappa shape index (κ2) is 6.83. The number of nitro benzene ring substituents is 1. The van der Waals surface area contributed by atoms with Gasteiger partial charge in [-0.2, -0.15) is 0 Å². The fourth-order valence-electron chi connectivity index (χ4n) is 1.55. The Morgan fingerprint density at radius 2 is 2.05 bits per heavy atom. The van der Waals surface area contributed by atoms with Crippen molar-refractivity contribution in [1.82, 2.24) is 9.62 Å². The Labute approximate surface area is 124 Å². The minimum absolute atomic E-state index is 0.0708. The lowest BCUT2D eigenvalue weighted by Gasteiger charge is -2.20. The Kier molecular flexibility index (Phi) is 5.64. The van der Waals surface area contributed by atoms with Crippen molar-refractivity contribution in [2.24, 2.45) is 0 Å². The van der Waals surface area contributed by atoms with Gasteiger partial charge in [0.05, 0.1) is 9.82 Å². The molecule has 0 radical (unpaired) electrons. The van der Waals surface area contributed by atoms with Crippen molar-refractivity contribution < 1.29 is 13.3 Å². The molecule has 0 aliphatic heterocycles. The summed E-state index contributed by atoms with van der Waals surface area (Å²) < 4.78 is 26.6. The van der Waals surface area contributed by atoms with Crippen molar-refractivity contribution in [3.05, 3.63) is 28.3 Å². The number of nitrogens with one attached hydrogen (secondary N) is 1. The van der Waals surface area contributed by atoms with Crippen LogP contribution in [0.25, 0.3) is 0 Å². The molecule has 0 saturated heterocycles. The highest BCUT2D eigenvalue weighted by Crippen LogP contribution is 2.24. The van der Waals surface area contributed by atoms with Crippen LogP contribution in [0.1, 0.15) is 13.8 Å². The Bertz CT molecular complexity index is 616. The molecule has 0 heterocycles. The molecule has 8 nitrogen and oxygen atoms in total. The number of nitrogens with two attached hydrogens (primary N) is 1. The summed E-state index contributed by atoms with van der Waals surface area (Å²) in [6, 6.07) is 3.72. The molecule has 0 unspecified atom stereocenters. The summed E-state index contributed by atoms with van der Waals surface area (Å²) in [7, 11) is -1.91. The second-order valence-electron chi connectivity index (χ2n) is 4.95. The highest BCUT2D eigenvalue weighted by molar-refractivity contribution is 7.89. The number of hydrogen-bond donors (Lipinski definition) is 2. The molecular weight excluding hydrogens is 296 g/mol. The number of benzene rings is 1. The van der Waals surface area contributed by atoms with E-state index in [-0.39, 0.29) is 17.1 Å². The number of rotatable bonds is 7. The van der Waals surface area contributed by atoms with E-state index in [1.807, 2.05) is 25.8 Å². The van der Waals surface area contributed by atoms with Crippen LogP contribution in [0.2, 0.25) is 0 Å². The zero-order chi connectivity index (χ0) is 16.2. The van der Waals surface area contributed by atoms with Crippen LogP contribution in [-0.4, -0.2) is 44.4 Å². The molecule has 1 rings (SSSR count). The molecule has 0 atom stereocenters. The Morgan fingerprint density at radius 1 is 1.43 bits per heavy atom. The first-order valence-corrected chi connectivity index (χ1v) is 7.87. The van der Waals surface area contributed by atoms with E-state index >= 15 is 0 Å². The maximum Gasteiger partial charge on any atom is 0.293 e. The van der Waals surface area contributed by atoms with Crippen LogP contribution in [0.4, 0.5) is 11.4 Å². The monoisotopic (exact) mass is 316 g/mol. The van der Waals surface area contributed by atoms with Gasteiger partial charge < -0.3 is 10.6 Å². The average molecular weight is 316 g/mol. The van der Waals surface area contributed by atoms with Gasteiger partial charge in [0.1, 0.15) is 5.69 Å². The largest absolute Gasteiger partial charge is 0.393 e. The van der Waals surface area contributed by atoms with Crippen molar-refractivity contribution in [3.8, 4) is 0 Å². The van der Waals surface area contributed by atoms with Crippen molar-refractivity contribution in [2.75, 3.05) is 25.9 Å². The predicted molar refractivity (Wildman–Crippen MR) is 80.5 cm³/mol. The smallest absolute Gasteiger partial charge is 0.293 e. The molecule has 0 bridgehead atoms. The summed E-state index contributed by atoms with van der Waals surface area (Å²) in [6.07, 6.45) is 0. The van der Waals surface area contributed by atoms with Gasteiger partial charge in [-0.1, -0.05) is 0 Å². The first kappa shape index (κ1) is 17.3. The summed E-state index contributed by atoms with van der Waals surface area (Å²) >= 11 is 0. The number of likely N-dealkylation sites (N-methyl/N-ethyl adjacent to an activating group) is 1. The van der Waals surface area contributed by atoms with E-state index in [1.165, 1.54) is 12.1 Å². The number of nitro groups is 1. The summed E-state index contributed by atoms with van der Waals surface area (Å²) in [5, 5.41) is 10.8. The minimum atomic E-state index is -3.79. The summed E-state index contributed by atoms with van der Waals surface area (Å²) in [5.74, 6) is 0. The van der Waals surface area contributed by atoms with E-state index in [4.69, 9.17) is 5.73 Å². The van der Waals surface area contributed by atoms with Crippen LogP contribution in [0.5, 0.6) is 0 Å². The van der Waals surface area contributed by atoms with Crippen LogP contribution >= 0.6 is 0 Å². The van der Waals surface area contributed by atoms with E-state index in [2.05, 4.69) is 4.72 Å². The van der Waals surface area contributed by atoms with Crippen molar-refractivity contribution in [2.45, 2.75) is 24.8 Å². The molecule has 0 saturated carbocycles. The van der Waals surface area contributed by atoms with Gasteiger partial charge in [0.2, 0.25) is 10.0 Å². The van der Waals surface area contributed by atoms with Crippen LogP contribution < -0.4 is 10.5 Å². The maximum atomic E-state index is 12.1. The SMILES string of the molecule is CC(C)N(C)CCNS(=O)(=O)c1ccc(N)c([N+](=O)[O-])c1. The van der Waals surface area contributed by atoms with Crippen LogP contribution in [-0.2, 0) is 10.0 Å². The van der Waals surface area contributed by atoms with Crippen molar-refractivity contribution >= 4 is 21.4 Å². The molecule has 0 aliphatic carbocycles. The van der Waals surface area contributed by atoms with Crippen LogP contribution in [0, 0.1) is 10.1 Å². The average Bonchev–Trinajstić information content (AvgIpc) is 2.38. The van der Waals surface area contributed by atoms with Gasteiger partial charge >= 0.3 is 0 Å². The number of anilines is 1. The van der Waals surface area contributed by atoms with E-state index in [0.717, 1.165) is 6.07 Å². The van der Waals surface area contributed by atoms with Crippen LogP contribution in [0.3, 0.4) is 0 Å². The Balaban J connectivity index is 2.84. The molecule has 3 N–H and O–H groups in total. The Morgan fingerprint density at radius 3 is 2.57 bits per heavy atom. The lowest BCUT2D eigenvalue weighted by molar-refractivity contribution is -0.384. The van der Waals surface area contributed by atoms with Gasteiger partial charge in [-0.05, 0) is 33.0 Å². The van der Waals surface area contributed by atoms with Crippen molar-refractivity contribution in [3.63, 3.8) is 0 Å². The van der Waals surface area contributed by atoms with Gasteiger partial charge in [0, 0.05) is 25.2 Å². The topological polar surface area (TPSA) is 119 Å². The normalized spacial score (nSPS) is 12.0. The third kappa shape index (κ3) is 4.66. The molecule has 0 amide bonds. The zero-order valence-electron chi connectivity index (χ0n) is 12.2. The quantitative estimate of drug-likeness (QED) is 0.436. The molecule has 1 aromatic rings. The summed E-state index contributed by atoms with van der Waals surface area (Å²) in [5.41, 5.74) is 4.95. The fourth-order valence-corrected chi connectivity index (χ4v) is 2.59. The van der Waals surface area contributed by atoms with Gasteiger partial charge in [-0.3, -0.25) is 10.1 Å². The predicted octanol–water partition coefficient (Wildman–Crippen LogP) is 0.796.